The molecule has 7 heteroatoms. The monoisotopic (exact) mass is 388 g/mol. The van der Waals surface area contributed by atoms with Crippen LogP contribution in [0.25, 0.3) is 21.3 Å². The highest BCUT2D eigenvalue weighted by molar-refractivity contribution is 7.19. The molecule has 0 amide bonds. The van der Waals surface area contributed by atoms with Gasteiger partial charge in [-0.1, -0.05) is 19.1 Å². The summed E-state index contributed by atoms with van der Waals surface area (Å²) in [5, 5.41) is 0.440. The normalized spacial score (nSPS) is 13.5. The number of nitrogens with zero attached hydrogens (tertiary/aromatic N) is 2. The number of carbonyl (C=O) groups is 1. The topological polar surface area (TPSA) is 61.2 Å². The van der Waals surface area contributed by atoms with Crippen LogP contribution in [0.1, 0.15) is 38.1 Å². The number of benzene rings is 1. The lowest BCUT2D eigenvalue weighted by Crippen LogP contribution is -2.31. The van der Waals surface area contributed by atoms with Gasteiger partial charge in [0.1, 0.15) is 16.7 Å². The predicted octanol–water partition coefficient (Wildman–Crippen LogP) is 4.48. The number of hydrogen-bond acceptors (Lipinski definition) is 5. The molecule has 0 spiro atoms. The standard InChI is InChI=1S/C20H21FN2O3S/c1-5-11(2)26-20(25)12(3)23-10-22-18-17(19(23)24)16(13(4)27-18)14-6-8-15(21)9-7-14/h6-12H,5H2,1-4H3/t11-,12-/m1/s1. The summed E-state index contributed by atoms with van der Waals surface area (Å²) in [7, 11) is 0. The van der Waals surface area contributed by atoms with E-state index in [1.807, 2.05) is 20.8 Å². The van der Waals surface area contributed by atoms with Gasteiger partial charge in [-0.05, 0) is 44.9 Å². The average molecular weight is 388 g/mol. The van der Waals surface area contributed by atoms with E-state index >= 15 is 0 Å². The van der Waals surface area contributed by atoms with E-state index in [1.54, 1.807) is 19.1 Å². The van der Waals surface area contributed by atoms with Crippen LogP contribution in [-0.4, -0.2) is 21.6 Å². The zero-order valence-corrected chi connectivity index (χ0v) is 16.5. The molecule has 0 N–H and O–H groups in total. The van der Waals surface area contributed by atoms with Crippen molar-refractivity contribution in [1.29, 1.82) is 0 Å². The van der Waals surface area contributed by atoms with Crippen LogP contribution in [0.4, 0.5) is 4.39 Å². The molecule has 0 saturated heterocycles. The molecule has 3 aromatic rings. The van der Waals surface area contributed by atoms with Crippen LogP contribution < -0.4 is 5.56 Å². The SMILES string of the molecule is CC[C@@H](C)OC(=O)[C@@H](C)n1cnc2sc(C)c(-c3ccc(F)cc3)c2c1=O. The molecule has 0 unspecified atom stereocenters. The fraction of sp³-hybridized carbons (Fsp3) is 0.350. The highest BCUT2D eigenvalue weighted by Crippen LogP contribution is 2.35. The Bertz CT molecular complexity index is 1040. The molecule has 1 aromatic carbocycles. The zero-order valence-electron chi connectivity index (χ0n) is 15.7. The Balaban J connectivity index is 2.11. The van der Waals surface area contributed by atoms with E-state index in [-0.39, 0.29) is 17.5 Å². The number of halogens is 1. The Hall–Kier alpha value is -2.54. The molecule has 0 aliphatic rings. The molecule has 5 nitrogen and oxygen atoms in total. The summed E-state index contributed by atoms with van der Waals surface area (Å²) >= 11 is 1.40. The number of aryl methyl sites for hydroxylation is 1. The number of esters is 1. The first-order chi connectivity index (χ1) is 12.8. The number of thiophene rings is 1. The first-order valence-corrected chi connectivity index (χ1v) is 9.61. The summed E-state index contributed by atoms with van der Waals surface area (Å²) in [5.74, 6) is -0.809. The van der Waals surface area contributed by atoms with Crippen molar-refractivity contribution in [2.45, 2.75) is 46.3 Å². The first-order valence-electron chi connectivity index (χ1n) is 8.80. The van der Waals surface area contributed by atoms with E-state index in [0.717, 1.165) is 16.0 Å². The second-order valence-corrected chi connectivity index (χ2v) is 7.71. The average Bonchev–Trinajstić information content (AvgIpc) is 2.99. The van der Waals surface area contributed by atoms with Crippen LogP contribution >= 0.6 is 11.3 Å². The summed E-state index contributed by atoms with van der Waals surface area (Å²) in [6.45, 7) is 7.25. The Morgan fingerprint density at radius 1 is 1.30 bits per heavy atom. The number of carbonyl (C=O) groups excluding carboxylic acids is 1. The van der Waals surface area contributed by atoms with Gasteiger partial charge in [0.15, 0.2) is 0 Å². The molecular weight excluding hydrogens is 367 g/mol. The fourth-order valence-electron chi connectivity index (χ4n) is 2.85. The van der Waals surface area contributed by atoms with Crippen LogP contribution in [0.3, 0.4) is 0 Å². The number of ether oxygens (including phenoxy) is 1. The molecule has 2 heterocycles. The maximum absolute atomic E-state index is 13.3. The smallest absolute Gasteiger partial charge is 0.329 e. The Morgan fingerprint density at radius 3 is 2.59 bits per heavy atom. The fourth-order valence-corrected chi connectivity index (χ4v) is 3.85. The molecule has 2 atom stereocenters. The molecule has 0 bridgehead atoms. The van der Waals surface area contributed by atoms with Crippen molar-refractivity contribution in [1.82, 2.24) is 9.55 Å². The van der Waals surface area contributed by atoms with E-state index in [1.165, 1.54) is 34.4 Å². The third kappa shape index (κ3) is 3.64. The van der Waals surface area contributed by atoms with Crippen molar-refractivity contribution in [2.75, 3.05) is 0 Å². The van der Waals surface area contributed by atoms with Gasteiger partial charge in [0.2, 0.25) is 0 Å². The second kappa shape index (κ2) is 7.60. The molecule has 0 aliphatic carbocycles. The molecule has 0 saturated carbocycles. The van der Waals surface area contributed by atoms with Crippen LogP contribution in [0, 0.1) is 12.7 Å². The summed E-state index contributed by atoms with van der Waals surface area (Å²) in [4.78, 5) is 31.4. The molecule has 0 fully saturated rings. The molecular formula is C20H21FN2O3S. The minimum absolute atomic E-state index is 0.217. The van der Waals surface area contributed by atoms with E-state index in [4.69, 9.17) is 4.74 Å². The second-order valence-electron chi connectivity index (χ2n) is 6.51. The highest BCUT2D eigenvalue weighted by atomic mass is 32.1. The summed E-state index contributed by atoms with van der Waals surface area (Å²) in [6, 6.07) is 5.21. The highest BCUT2D eigenvalue weighted by Gasteiger charge is 2.23. The molecule has 2 aromatic heterocycles. The third-order valence-electron chi connectivity index (χ3n) is 4.60. The third-order valence-corrected chi connectivity index (χ3v) is 5.61. The van der Waals surface area contributed by atoms with Gasteiger partial charge in [-0.2, -0.15) is 0 Å². The van der Waals surface area contributed by atoms with Gasteiger partial charge < -0.3 is 4.74 Å². The Morgan fingerprint density at radius 2 is 1.96 bits per heavy atom. The van der Waals surface area contributed by atoms with E-state index < -0.39 is 12.0 Å². The van der Waals surface area contributed by atoms with Gasteiger partial charge in [-0.25, -0.2) is 14.2 Å². The zero-order chi connectivity index (χ0) is 19.7. The maximum Gasteiger partial charge on any atom is 0.329 e. The van der Waals surface area contributed by atoms with Crippen LogP contribution in [0.2, 0.25) is 0 Å². The Labute approximate surface area is 160 Å². The van der Waals surface area contributed by atoms with Gasteiger partial charge in [0.25, 0.3) is 5.56 Å². The van der Waals surface area contributed by atoms with Crippen molar-refractivity contribution in [3.63, 3.8) is 0 Å². The lowest BCUT2D eigenvalue weighted by atomic mass is 10.0. The number of rotatable bonds is 5. The Kier molecular flexibility index (Phi) is 5.41. The van der Waals surface area contributed by atoms with Gasteiger partial charge in [-0.3, -0.25) is 9.36 Å². The first kappa shape index (κ1) is 19.2. The number of aromatic nitrogens is 2. The van der Waals surface area contributed by atoms with Crippen molar-refractivity contribution in [3.05, 3.63) is 51.6 Å². The van der Waals surface area contributed by atoms with Crippen molar-refractivity contribution in [3.8, 4) is 11.1 Å². The summed E-state index contributed by atoms with van der Waals surface area (Å²) < 4.78 is 19.9. The van der Waals surface area contributed by atoms with Crippen LogP contribution in [0.15, 0.2) is 35.4 Å². The molecule has 3 rings (SSSR count). The molecule has 27 heavy (non-hydrogen) atoms. The van der Waals surface area contributed by atoms with Crippen molar-refractivity contribution >= 4 is 27.5 Å². The van der Waals surface area contributed by atoms with E-state index in [0.29, 0.717) is 16.6 Å². The van der Waals surface area contributed by atoms with E-state index in [9.17, 15) is 14.0 Å². The molecule has 0 radical (unpaired) electrons. The number of fused-ring (bicyclic) bond motifs is 1. The molecule has 142 valence electrons. The minimum atomic E-state index is -0.787. The summed E-state index contributed by atoms with van der Waals surface area (Å²) in [6.07, 6.45) is 1.87. The lowest BCUT2D eigenvalue weighted by Gasteiger charge is -2.17. The van der Waals surface area contributed by atoms with Crippen LogP contribution in [-0.2, 0) is 9.53 Å². The maximum atomic E-state index is 13.3. The van der Waals surface area contributed by atoms with Crippen molar-refractivity contribution in [2.24, 2.45) is 0 Å². The minimum Gasteiger partial charge on any atom is -0.461 e. The number of hydrogen-bond donors (Lipinski definition) is 0. The van der Waals surface area contributed by atoms with E-state index in [2.05, 4.69) is 4.98 Å². The summed E-state index contributed by atoms with van der Waals surface area (Å²) in [5.41, 5.74) is 1.16. The van der Waals surface area contributed by atoms with Crippen molar-refractivity contribution < 1.29 is 13.9 Å². The quantitative estimate of drug-likeness (QED) is 0.605. The van der Waals surface area contributed by atoms with Gasteiger partial charge >= 0.3 is 5.97 Å². The largest absolute Gasteiger partial charge is 0.461 e. The van der Waals surface area contributed by atoms with Gasteiger partial charge in [0.05, 0.1) is 17.8 Å². The van der Waals surface area contributed by atoms with Gasteiger partial charge in [-0.15, -0.1) is 11.3 Å². The lowest BCUT2D eigenvalue weighted by molar-refractivity contribution is -0.152. The molecule has 0 aliphatic heterocycles. The predicted molar refractivity (Wildman–Crippen MR) is 105 cm³/mol. The van der Waals surface area contributed by atoms with Crippen LogP contribution in [0.5, 0.6) is 0 Å². The van der Waals surface area contributed by atoms with Gasteiger partial charge in [0, 0.05) is 10.4 Å².